The second-order valence-corrected chi connectivity index (χ2v) is 10.2. The number of hydrogen-bond acceptors (Lipinski definition) is 6. The maximum Gasteiger partial charge on any atom is 0.410 e. The van der Waals surface area contributed by atoms with Crippen molar-refractivity contribution in [3.05, 3.63) is 89.2 Å². The second kappa shape index (κ2) is 13.9. The molecule has 0 saturated heterocycles. The molecule has 1 aromatic carbocycles. The summed E-state index contributed by atoms with van der Waals surface area (Å²) in [5.74, 6) is -0.0530. The lowest BCUT2D eigenvalue weighted by Gasteiger charge is -2.24. The van der Waals surface area contributed by atoms with Crippen LogP contribution < -0.4 is 10.2 Å². The van der Waals surface area contributed by atoms with E-state index in [9.17, 15) is 14.4 Å². The molecular formula is C31H37N5O4. The van der Waals surface area contributed by atoms with E-state index < -0.39 is 11.7 Å². The third kappa shape index (κ3) is 8.95. The van der Waals surface area contributed by atoms with E-state index >= 15 is 0 Å². The Balaban J connectivity index is 2.07. The van der Waals surface area contributed by atoms with Crippen molar-refractivity contribution < 1.29 is 19.1 Å². The van der Waals surface area contributed by atoms with Gasteiger partial charge in [-0.05, 0) is 75.6 Å². The van der Waals surface area contributed by atoms with Gasteiger partial charge in [-0.2, -0.15) is 5.26 Å². The second-order valence-electron chi connectivity index (χ2n) is 10.2. The number of allylic oxidation sites excluding steroid dienone is 4. The molecule has 3 amide bonds. The summed E-state index contributed by atoms with van der Waals surface area (Å²) in [6, 6.07) is 12.3. The van der Waals surface area contributed by atoms with Crippen LogP contribution in [0.3, 0.4) is 0 Å². The van der Waals surface area contributed by atoms with E-state index in [1.807, 2.05) is 25.1 Å². The highest BCUT2D eigenvalue weighted by atomic mass is 16.6. The fraction of sp³-hybridized carbons (Fsp3) is 0.323. The number of rotatable bonds is 9. The summed E-state index contributed by atoms with van der Waals surface area (Å²) in [5, 5.41) is 11.8. The first-order valence-electron chi connectivity index (χ1n) is 12.8. The SMILES string of the molecule is C=C/C(=C(C)/C=C(\C)C(=O)N(C)c1ccc(C#N)cn1)c1ccc(C(=O)NCCN(C)C(=O)OC(C)(C)C)cc1. The van der Waals surface area contributed by atoms with E-state index in [0.717, 1.165) is 16.7 Å². The summed E-state index contributed by atoms with van der Waals surface area (Å²) < 4.78 is 5.31. The Morgan fingerprint density at radius 2 is 1.70 bits per heavy atom. The molecule has 0 aliphatic heterocycles. The summed E-state index contributed by atoms with van der Waals surface area (Å²) in [5.41, 5.74) is 3.29. The van der Waals surface area contributed by atoms with Crippen LogP contribution in [0.25, 0.3) is 5.57 Å². The minimum atomic E-state index is -0.586. The Hall–Kier alpha value is -4.71. The Kier molecular flexibility index (Phi) is 10.9. The number of hydrogen-bond donors (Lipinski definition) is 1. The molecule has 0 radical (unpaired) electrons. The summed E-state index contributed by atoms with van der Waals surface area (Å²) in [6.07, 6.45) is 4.46. The normalized spacial score (nSPS) is 12.0. The predicted molar refractivity (Wildman–Crippen MR) is 157 cm³/mol. The molecule has 2 rings (SSSR count). The van der Waals surface area contributed by atoms with Crippen molar-refractivity contribution in [3.8, 4) is 6.07 Å². The highest BCUT2D eigenvalue weighted by Gasteiger charge is 2.19. The minimum Gasteiger partial charge on any atom is -0.444 e. The zero-order chi connectivity index (χ0) is 30.0. The summed E-state index contributed by atoms with van der Waals surface area (Å²) in [6.45, 7) is 13.5. The molecule has 0 spiro atoms. The van der Waals surface area contributed by atoms with Gasteiger partial charge in [0.15, 0.2) is 0 Å². The number of pyridine rings is 1. The number of nitrogens with one attached hydrogen (secondary N) is 1. The quantitative estimate of drug-likeness (QED) is 0.347. The van der Waals surface area contributed by atoms with Gasteiger partial charge in [-0.1, -0.05) is 30.9 Å². The molecule has 40 heavy (non-hydrogen) atoms. The van der Waals surface area contributed by atoms with E-state index in [0.29, 0.717) is 29.1 Å². The summed E-state index contributed by atoms with van der Waals surface area (Å²) in [4.78, 5) is 44.6. The van der Waals surface area contributed by atoms with Gasteiger partial charge in [0.2, 0.25) is 0 Å². The molecular weight excluding hydrogens is 506 g/mol. The van der Waals surface area contributed by atoms with Gasteiger partial charge in [0.05, 0.1) is 5.56 Å². The minimum absolute atomic E-state index is 0.232. The van der Waals surface area contributed by atoms with Crippen LogP contribution in [0.2, 0.25) is 0 Å². The number of likely N-dealkylation sites (N-methyl/N-ethyl adjacent to an activating group) is 2. The van der Waals surface area contributed by atoms with Crippen LogP contribution in [0.5, 0.6) is 0 Å². The maximum atomic E-state index is 13.0. The largest absolute Gasteiger partial charge is 0.444 e. The molecule has 210 valence electrons. The first-order chi connectivity index (χ1) is 18.8. The van der Waals surface area contributed by atoms with E-state index in [-0.39, 0.29) is 18.4 Å². The Morgan fingerprint density at radius 1 is 1.07 bits per heavy atom. The molecule has 0 unspecified atom stereocenters. The van der Waals surface area contributed by atoms with Gasteiger partial charge in [-0.25, -0.2) is 9.78 Å². The number of nitriles is 1. The molecule has 9 heteroatoms. The van der Waals surface area contributed by atoms with Gasteiger partial charge in [-0.15, -0.1) is 0 Å². The van der Waals surface area contributed by atoms with Crippen molar-refractivity contribution >= 4 is 29.3 Å². The lowest BCUT2D eigenvalue weighted by Crippen LogP contribution is -2.39. The standard InChI is InChI=1S/C31H37N5O4/c1-9-26(21(2)18-22(3)29(38)36(8)27-15-10-23(19-32)20-34-27)24-11-13-25(14-12-24)28(37)33-16-17-35(7)30(39)40-31(4,5)6/h9-15,18,20H,1,16-17H2,2-8H3,(H,33,37)/b22-18+,26-21-. The van der Waals surface area contributed by atoms with Gasteiger partial charge in [0, 0.05) is 44.5 Å². The zero-order valence-corrected chi connectivity index (χ0v) is 24.2. The molecule has 0 aliphatic rings. The topological polar surface area (TPSA) is 116 Å². The maximum absolute atomic E-state index is 13.0. The van der Waals surface area contributed by atoms with E-state index in [1.165, 1.54) is 16.0 Å². The summed E-state index contributed by atoms with van der Waals surface area (Å²) in [7, 11) is 3.24. The van der Waals surface area contributed by atoms with Crippen molar-refractivity contribution in [2.75, 3.05) is 32.1 Å². The first kappa shape index (κ1) is 31.5. The highest BCUT2D eigenvalue weighted by molar-refractivity contribution is 6.04. The predicted octanol–water partition coefficient (Wildman–Crippen LogP) is 5.12. The van der Waals surface area contributed by atoms with Crippen LogP contribution in [0, 0.1) is 11.3 Å². The molecule has 2 aromatic rings. The van der Waals surface area contributed by atoms with Gasteiger partial charge in [0.1, 0.15) is 17.5 Å². The van der Waals surface area contributed by atoms with Crippen LogP contribution in [-0.2, 0) is 9.53 Å². The third-order valence-corrected chi connectivity index (χ3v) is 5.82. The van der Waals surface area contributed by atoms with Crippen molar-refractivity contribution in [2.24, 2.45) is 0 Å². The molecule has 1 aromatic heterocycles. The lowest BCUT2D eigenvalue weighted by molar-refractivity contribution is -0.114. The van der Waals surface area contributed by atoms with Crippen molar-refractivity contribution in [3.63, 3.8) is 0 Å². The lowest BCUT2D eigenvalue weighted by atomic mass is 9.98. The van der Waals surface area contributed by atoms with Gasteiger partial charge in [-0.3, -0.25) is 14.5 Å². The van der Waals surface area contributed by atoms with E-state index in [1.54, 1.807) is 78.2 Å². The van der Waals surface area contributed by atoms with Crippen LogP contribution >= 0.6 is 0 Å². The molecule has 0 fully saturated rings. The average Bonchev–Trinajstić information content (AvgIpc) is 2.91. The molecule has 1 heterocycles. The molecule has 1 N–H and O–H groups in total. The summed E-state index contributed by atoms with van der Waals surface area (Å²) >= 11 is 0. The number of amides is 3. The first-order valence-corrected chi connectivity index (χ1v) is 12.8. The third-order valence-electron chi connectivity index (χ3n) is 5.82. The number of carbonyl (C=O) groups is 3. The highest BCUT2D eigenvalue weighted by Crippen LogP contribution is 2.23. The molecule has 0 bridgehead atoms. The number of carbonyl (C=O) groups excluding carboxylic acids is 3. The number of aromatic nitrogens is 1. The van der Waals surface area contributed by atoms with Crippen LogP contribution in [0.4, 0.5) is 10.6 Å². The van der Waals surface area contributed by atoms with Crippen LogP contribution in [-0.4, -0.2) is 60.6 Å². The zero-order valence-electron chi connectivity index (χ0n) is 24.2. The molecule has 0 aliphatic carbocycles. The number of anilines is 1. The number of ether oxygens (including phenoxy) is 1. The van der Waals surface area contributed by atoms with Gasteiger partial charge < -0.3 is 15.0 Å². The van der Waals surface area contributed by atoms with Gasteiger partial charge >= 0.3 is 6.09 Å². The van der Waals surface area contributed by atoms with Crippen LogP contribution in [0.15, 0.2) is 72.5 Å². The van der Waals surface area contributed by atoms with Crippen molar-refractivity contribution in [1.29, 1.82) is 5.26 Å². The van der Waals surface area contributed by atoms with E-state index in [4.69, 9.17) is 10.00 Å². The number of nitrogens with zero attached hydrogens (tertiary/aromatic N) is 4. The Labute approximate surface area is 236 Å². The van der Waals surface area contributed by atoms with Gasteiger partial charge in [0.25, 0.3) is 11.8 Å². The fourth-order valence-corrected chi connectivity index (χ4v) is 3.66. The molecule has 9 nitrogen and oxygen atoms in total. The Bertz CT molecular complexity index is 1340. The van der Waals surface area contributed by atoms with Crippen molar-refractivity contribution in [2.45, 2.75) is 40.2 Å². The molecule has 0 atom stereocenters. The Morgan fingerprint density at radius 3 is 2.23 bits per heavy atom. The number of benzene rings is 1. The smallest absolute Gasteiger partial charge is 0.410 e. The van der Waals surface area contributed by atoms with Crippen LogP contribution in [0.1, 0.15) is 56.1 Å². The fourth-order valence-electron chi connectivity index (χ4n) is 3.66. The average molecular weight is 544 g/mol. The molecule has 0 saturated carbocycles. The van der Waals surface area contributed by atoms with Crippen molar-refractivity contribution in [1.82, 2.24) is 15.2 Å². The van der Waals surface area contributed by atoms with E-state index in [2.05, 4.69) is 16.9 Å². The monoisotopic (exact) mass is 543 g/mol.